The predicted octanol–water partition coefficient (Wildman–Crippen LogP) is -0.639. The second kappa shape index (κ2) is 5.87. The van der Waals surface area contributed by atoms with Crippen LogP contribution in [-0.4, -0.2) is 47.0 Å². The standard InChI is InChI=1S/C11H13NO6/c1-18-11(17)9(15)5-12-10(16)6-2-7(13)4-8(14)3-6/h2-4,9,13-15H,5H2,1H3,(H,12,16). The van der Waals surface area contributed by atoms with Gasteiger partial charge in [0.1, 0.15) is 11.5 Å². The van der Waals surface area contributed by atoms with E-state index in [9.17, 15) is 24.9 Å². The zero-order chi connectivity index (χ0) is 13.7. The van der Waals surface area contributed by atoms with E-state index in [4.69, 9.17) is 0 Å². The van der Waals surface area contributed by atoms with Crippen LogP contribution in [0.1, 0.15) is 10.4 Å². The van der Waals surface area contributed by atoms with Crippen LogP contribution in [0.15, 0.2) is 18.2 Å². The molecule has 98 valence electrons. The van der Waals surface area contributed by atoms with Gasteiger partial charge in [-0.25, -0.2) is 4.79 Å². The van der Waals surface area contributed by atoms with Crippen LogP contribution >= 0.6 is 0 Å². The number of amides is 1. The van der Waals surface area contributed by atoms with Crippen molar-refractivity contribution in [1.82, 2.24) is 5.32 Å². The van der Waals surface area contributed by atoms with Crippen molar-refractivity contribution < 1.29 is 29.6 Å². The Balaban J connectivity index is 2.63. The molecule has 7 heteroatoms. The van der Waals surface area contributed by atoms with Crippen LogP contribution in [0.4, 0.5) is 0 Å². The predicted molar refractivity (Wildman–Crippen MR) is 60.1 cm³/mol. The molecule has 18 heavy (non-hydrogen) atoms. The Labute approximate surface area is 103 Å². The van der Waals surface area contributed by atoms with Crippen molar-refractivity contribution in [2.24, 2.45) is 0 Å². The summed E-state index contributed by atoms with van der Waals surface area (Å²) in [5, 5.41) is 29.9. The summed E-state index contributed by atoms with van der Waals surface area (Å²) >= 11 is 0. The van der Waals surface area contributed by atoms with E-state index in [0.29, 0.717) is 0 Å². The highest BCUT2D eigenvalue weighted by Crippen LogP contribution is 2.20. The molecule has 1 aromatic carbocycles. The summed E-state index contributed by atoms with van der Waals surface area (Å²) in [7, 11) is 1.11. The summed E-state index contributed by atoms with van der Waals surface area (Å²) in [5.74, 6) is -2.06. The van der Waals surface area contributed by atoms with Gasteiger partial charge in [-0.15, -0.1) is 0 Å². The minimum absolute atomic E-state index is 0.00423. The van der Waals surface area contributed by atoms with Gasteiger partial charge in [0.05, 0.1) is 13.7 Å². The molecule has 4 N–H and O–H groups in total. The van der Waals surface area contributed by atoms with Gasteiger partial charge in [-0.3, -0.25) is 4.79 Å². The Morgan fingerprint density at radius 2 is 1.83 bits per heavy atom. The average molecular weight is 255 g/mol. The molecule has 0 spiro atoms. The van der Waals surface area contributed by atoms with Crippen LogP contribution in [0, 0.1) is 0 Å². The first-order valence-corrected chi connectivity index (χ1v) is 5.01. The Morgan fingerprint density at radius 1 is 1.28 bits per heavy atom. The highest BCUT2D eigenvalue weighted by molar-refractivity contribution is 5.95. The second-order valence-electron chi connectivity index (χ2n) is 3.49. The molecular weight excluding hydrogens is 242 g/mol. The third kappa shape index (κ3) is 3.63. The van der Waals surface area contributed by atoms with Crippen LogP contribution in [-0.2, 0) is 9.53 Å². The summed E-state index contributed by atoms with van der Waals surface area (Å²) in [6, 6.07) is 3.35. The van der Waals surface area contributed by atoms with E-state index in [1.165, 1.54) is 0 Å². The van der Waals surface area contributed by atoms with Gasteiger partial charge < -0.3 is 25.4 Å². The molecule has 7 nitrogen and oxygen atoms in total. The van der Waals surface area contributed by atoms with Gasteiger partial charge in [0.2, 0.25) is 0 Å². The van der Waals surface area contributed by atoms with E-state index in [1.54, 1.807) is 0 Å². The van der Waals surface area contributed by atoms with Gasteiger partial charge in [0.25, 0.3) is 5.91 Å². The summed E-state index contributed by atoms with van der Waals surface area (Å²) in [5.41, 5.74) is 0.00423. The van der Waals surface area contributed by atoms with Crippen molar-refractivity contribution >= 4 is 11.9 Å². The van der Waals surface area contributed by atoms with Crippen molar-refractivity contribution in [2.75, 3.05) is 13.7 Å². The van der Waals surface area contributed by atoms with Crippen LogP contribution in [0.5, 0.6) is 11.5 Å². The summed E-state index contributed by atoms with van der Waals surface area (Å²) < 4.78 is 4.27. The lowest BCUT2D eigenvalue weighted by atomic mass is 10.2. The maximum Gasteiger partial charge on any atom is 0.336 e. The number of carbonyl (C=O) groups is 2. The third-order valence-corrected chi connectivity index (χ3v) is 2.09. The molecule has 0 saturated heterocycles. The average Bonchev–Trinajstić information content (AvgIpc) is 2.33. The largest absolute Gasteiger partial charge is 0.508 e. The van der Waals surface area contributed by atoms with Crippen molar-refractivity contribution in [3.8, 4) is 11.5 Å². The lowest BCUT2D eigenvalue weighted by Gasteiger charge is -2.10. The number of aromatic hydroxyl groups is 2. The molecule has 1 atom stereocenters. The molecular formula is C11H13NO6. The SMILES string of the molecule is COC(=O)C(O)CNC(=O)c1cc(O)cc(O)c1. The number of rotatable bonds is 4. The molecule has 0 aliphatic heterocycles. The summed E-state index contributed by atoms with van der Waals surface area (Å²) in [4.78, 5) is 22.4. The van der Waals surface area contributed by atoms with Crippen LogP contribution in [0.2, 0.25) is 0 Å². The minimum atomic E-state index is -1.47. The van der Waals surface area contributed by atoms with Crippen molar-refractivity contribution in [1.29, 1.82) is 0 Å². The van der Waals surface area contributed by atoms with Crippen molar-refractivity contribution in [2.45, 2.75) is 6.10 Å². The van der Waals surface area contributed by atoms with Gasteiger partial charge in [0, 0.05) is 11.6 Å². The Morgan fingerprint density at radius 3 is 2.33 bits per heavy atom. The van der Waals surface area contributed by atoms with Crippen molar-refractivity contribution in [3.63, 3.8) is 0 Å². The van der Waals surface area contributed by atoms with E-state index in [0.717, 1.165) is 25.3 Å². The monoisotopic (exact) mass is 255 g/mol. The topological polar surface area (TPSA) is 116 Å². The number of phenols is 2. The number of methoxy groups -OCH3 is 1. The normalized spacial score (nSPS) is 11.7. The van der Waals surface area contributed by atoms with Gasteiger partial charge in [-0.05, 0) is 12.1 Å². The maximum atomic E-state index is 11.6. The summed E-state index contributed by atoms with van der Waals surface area (Å²) in [6.45, 7) is -0.331. The maximum absolute atomic E-state index is 11.6. The zero-order valence-corrected chi connectivity index (χ0v) is 9.58. The molecule has 1 unspecified atom stereocenters. The quantitative estimate of drug-likeness (QED) is 0.532. The fourth-order valence-electron chi connectivity index (χ4n) is 1.24. The van der Waals surface area contributed by atoms with E-state index < -0.39 is 18.0 Å². The van der Waals surface area contributed by atoms with Gasteiger partial charge in [-0.1, -0.05) is 0 Å². The van der Waals surface area contributed by atoms with E-state index in [2.05, 4.69) is 10.1 Å². The van der Waals surface area contributed by atoms with E-state index in [-0.39, 0.29) is 23.6 Å². The Hall–Kier alpha value is -2.28. The molecule has 0 bridgehead atoms. The number of nitrogens with one attached hydrogen (secondary N) is 1. The smallest absolute Gasteiger partial charge is 0.336 e. The van der Waals surface area contributed by atoms with Crippen LogP contribution < -0.4 is 5.32 Å². The van der Waals surface area contributed by atoms with Crippen molar-refractivity contribution in [3.05, 3.63) is 23.8 Å². The van der Waals surface area contributed by atoms with Crippen LogP contribution in [0.25, 0.3) is 0 Å². The number of ether oxygens (including phenoxy) is 1. The zero-order valence-electron chi connectivity index (χ0n) is 9.58. The van der Waals surface area contributed by atoms with Crippen LogP contribution in [0.3, 0.4) is 0 Å². The lowest BCUT2D eigenvalue weighted by molar-refractivity contribution is -0.149. The number of phenolic OH excluding ortho intramolecular Hbond substituents is 2. The molecule has 0 aromatic heterocycles. The number of carbonyl (C=O) groups excluding carboxylic acids is 2. The fourth-order valence-corrected chi connectivity index (χ4v) is 1.24. The third-order valence-electron chi connectivity index (χ3n) is 2.09. The van der Waals surface area contributed by atoms with Gasteiger partial charge >= 0.3 is 5.97 Å². The highest BCUT2D eigenvalue weighted by Gasteiger charge is 2.17. The molecule has 0 heterocycles. The fraction of sp³-hybridized carbons (Fsp3) is 0.273. The number of hydrogen-bond acceptors (Lipinski definition) is 6. The number of hydrogen-bond donors (Lipinski definition) is 4. The number of esters is 1. The first-order valence-electron chi connectivity index (χ1n) is 5.01. The molecule has 1 aromatic rings. The summed E-state index contributed by atoms with van der Waals surface area (Å²) in [6.07, 6.45) is -1.47. The van der Waals surface area contributed by atoms with Gasteiger partial charge in [0.15, 0.2) is 6.10 Å². The highest BCUT2D eigenvalue weighted by atomic mass is 16.5. The molecule has 0 radical (unpaired) electrons. The van der Waals surface area contributed by atoms with E-state index in [1.807, 2.05) is 0 Å². The van der Waals surface area contributed by atoms with Gasteiger partial charge in [-0.2, -0.15) is 0 Å². The molecule has 1 amide bonds. The first kappa shape index (κ1) is 13.8. The molecule has 0 fully saturated rings. The molecule has 0 saturated carbocycles. The molecule has 0 aliphatic rings. The molecule has 0 aliphatic carbocycles. The minimum Gasteiger partial charge on any atom is -0.508 e. The second-order valence-corrected chi connectivity index (χ2v) is 3.49. The van der Waals surface area contributed by atoms with E-state index >= 15 is 0 Å². The number of aliphatic hydroxyl groups is 1. The number of benzene rings is 1. The lowest BCUT2D eigenvalue weighted by Crippen LogP contribution is -2.37. The number of aliphatic hydroxyl groups excluding tert-OH is 1. The first-order chi connectivity index (χ1) is 8.43. The molecule has 1 rings (SSSR count). The Kier molecular flexibility index (Phi) is 4.50. The Bertz CT molecular complexity index is 439.